The maximum absolute atomic E-state index is 11.5. The second-order valence-corrected chi connectivity index (χ2v) is 4.76. The van der Waals surface area contributed by atoms with Gasteiger partial charge in [0.2, 0.25) is 5.91 Å². The van der Waals surface area contributed by atoms with Crippen LogP contribution in [0.2, 0.25) is 0 Å². The van der Waals surface area contributed by atoms with Crippen LogP contribution in [0.15, 0.2) is 24.3 Å². The average Bonchev–Trinajstić information content (AvgIpc) is 2.43. The highest BCUT2D eigenvalue weighted by Crippen LogP contribution is 2.12. The Morgan fingerprint density at radius 1 is 1.38 bits per heavy atom. The van der Waals surface area contributed by atoms with Gasteiger partial charge in [0.05, 0.1) is 6.61 Å². The zero-order valence-electron chi connectivity index (χ0n) is 12.0. The van der Waals surface area contributed by atoms with E-state index in [1.807, 2.05) is 31.2 Å². The Morgan fingerprint density at radius 2 is 2.14 bits per heavy atom. The summed E-state index contributed by atoms with van der Waals surface area (Å²) in [5.74, 6) is -0.684. The molecule has 3 N–H and O–H groups in total. The smallest absolute Gasteiger partial charge is 0.332 e. The van der Waals surface area contributed by atoms with E-state index in [9.17, 15) is 9.59 Å². The number of amides is 1. The van der Waals surface area contributed by atoms with Gasteiger partial charge in [-0.3, -0.25) is 4.79 Å². The maximum Gasteiger partial charge on any atom is 0.332 e. The summed E-state index contributed by atoms with van der Waals surface area (Å²) in [6.07, 6.45) is -0.563. The van der Waals surface area contributed by atoms with E-state index in [-0.39, 0.29) is 18.9 Å². The molecule has 0 heterocycles. The highest BCUT2D eigenvalue weighted by Gasteiger charge is 2.12. The highest BCUT2D eigenvalue weighted by atomic mass is 16.5. The number of aliphatic hydroxyl groups excluding tert-OH is 1. The van der Waals surface area contributed by atoms with Gasteiger partial charge in [-0.2, -0.15) is 0 Å². The topological polar surface area (TPSA) is 95.9 Å². The normalized spacial score (nSPS) is 11.7. The number of ether oxygens (including phenoxy) is 1. The van der Waals surface area contributed by atoms with Crippen LogP contribution in [-0.2, 0) is 9.59 Å². The van der Waals surface area contributed by atoms with Crippen LogP contribution in [-0.4, -0.2) is 41.3 Å². The molecule has 0 saturated carbocycles. The van der Waals surface area contributed by atoms with Crippen molar-refractivity contribution >= 4 is 11.9 Å². The second-order valence-electron chi connectivity index (χ2n) is 4.76. The first kappa shape index (κ1) is 17.0. The van der Waals surface area contributed by atoms with Crippen molar-refractivity contribution in [3.8, 4) is 5.75 Å². The van der Waals surface area contributed by atoms with E-state index in [2.05, 4.69) is 5.32 Å². The van der Waals surface area contributed by atoms with Crippen molar-refractivity contribution in [1.82, 2.24) is 5.32 Å². The molecule has 116 valence electrons. The van der Waals surface area contributed by atoms with E-state index in [1.165, 1.54) is 0 Å². The van der Waals surface area contributed by atoms with Crippen LogP contribution in [0.25, 0.3) is 0 Å². The van der Waals surface area contributed by atoms with Gasteiger partial charge in [0.25, 0.3) is 0 Å². The third-order valence-electron chi connectivity index (χ3n) is 2.83. The fourth-order valence-electron chi connectivity index (χ4n) is 1.69. The van der Waals surface area contributed by atoms with Gasteiger partial charge in [0.1, 0.15) is 5.75 Å². The van der Waals surface area contributed by atoms with Crippen molar-refractivity contribution in [2.75, 3.05) is 13.2 Å². The van der Waals surface area contributed by atoms with Crippen LogP contribution in [0, 0.1) is 6.92 Å². The van der Waals surface area contributed by atoms with Gasteiger partial charge in [-0.1, -0.05) is 12.1 Å². The Kier molecular flexibility index (Phi) is 7.25. The molecule has 1 aromatic carbocycles. The van der Waals surface area contributed by atoms with Crippen molar-refractivity contribution < 1.29 is 24.5 Å². The number of carboxylic acids is 1. The van der Waals surface area contributed by atoms with Crippen molar-refractivity contribution in [1.29, 1.82) is 0 Å². The third-order valence-corrected chi connectivity index (χ3v) is 2.83. The fraction of sp³-hybridized carbons (Fsp3) is 0.467. The van der Waals surface area contributed by atoms with Crippen LogP contribution in [0.4, 0.5) is 0 Å². The monoisotopic (exact) mass is 295 g/mol. The Labute approximate surface area is 123 Å². The number of hydrogen-bond acceptors (Lipinski definition) is 4. The summed E-state index contributed by atoms with van der Waals surface area (Å²) in [5, 5.41) is 20.1. The van der Waals surface area contributed by atoms with Gasteiger partial charge < -0.3 is 20.3 Å². The van der Waals surface area contributed by atoms with Gasteiger partial charge in [-0.25, -0.2) is 4.79 Å². The lowest BCUT2D eigenvalue weighted by Crippen LogP contribution is -2.30. The lowest BCUT2D eigenvalue weighted by atomic mass is 10.2. The zero-order valence-corrected chi connectivity index (χ0v) is 12.0. The van der Waals surface area contributed by atoms with Crippen LogP contribution in [0.3, 0.4) is 0 Å². The van der Waals surface area contributed by atoms with E-state index in [0.717, 1.165) is 11.3 Å². The molecule has 0 aliphatic heterocycles. The summed E-state index contributed by atoms with van der Waals surface area (Å²) in [6, 6.07) is 7.67. The molecule has 0 fully saturated rings. The fourth-order valence-corrected chi connectivity index (χ4v) is 1.69. The molecule has 1 amide bonds. The van der Waals surface area contributed by atoms with Crippen molar-refractivity contribution in [3.05, 3.63) is 29.8 Å². The number of rotatable bonds is 9. The number of benzene rings is 1. The summed E-state index contributed by atoms with van der Waals surface area (Å²) in [6.45, 7) is 2.56. The van der Waals surface area contributed by atoms with E-state index >= 15 is 0 Å². The molecule has 0 radical (unpaired) electrons. The quantitative estimate of drug-likeness (QED) is 0.593. The van der Waals surface area contributed by atoms with Gasteiger partial charge in [-0.15, -0.1) is 0 Å². The molecule has 0 saturated heterocycles. The molecule has 1 atom stereocenters. The first-order valence-corrected chi connectivity index (χ1v) is 6.86. The summed E-state index contributed by atoms with van der Waals surface area (Å²) in [5.41, 5.74) is 1.11. The van der Waals surface area contributed by atoms with E-state index in [4.69, 9.17) is 14.9 Å². The number of carbonyl (C=O) groups is 2. The van der Waals surface area contributed by atoms with Gasteiger partial charge >= 0.3 is 5.97 Å². The molecule has 21 heavy (non-hydrogen) atoms. The largest absolute Gasteiger partial charge is 0.494 e. The Morgan fingerprint density at radius 3 is 2.81 bits per heavy atom. The minimum atomic E-state index is -1.44. The number of carbonyl (C=O) groups excluding carboxylic acids is 1. The molecular weight excluding hydrogens is 274 g/mol. The molecular formula is C15H21NO5. The Hall–Kier alpha value is -2.08. The molecule has 6 nitrogen and oxygen atoms in total. The predicted molar refractivity (Wildman–Crippen MR) is 77.2 cm³/mol. The van der Waals surface area contributed by atoms with Crippen LogP contribution >= 0.6 is 0 Å². The summed E-state index contributed by atoms with van der Waals surface area (Å²) >= 11 is 0. The lowest BCUT2D eigenvalue weighted by molar-refractivity contribution is -0.147. The second kappa shape index (κ2) is 8.97. The summed E-state index contributed by atoms with van der Waals surface area (Å²) in [4.78, 5) is 21.8. The number of aliphatic hydroxyl groups is 1. The average molecular weight is 295 g/mol. The van der Waals surface area contributed by atoms with Gasteiger partial charge in [0, 0.05) is 19.4 Å². The minimum absolute atomic E-state index is 0.000859. The van der Waals surface area contributed by atoms with Gasteiger partial charge in [-0.05, 0) is 31.0 Å². The molecule has 0 aromatic heterocycles. The standard InChI is InChI=1S/C15H21NO5/c1-11-4-2-5-12(10-11)21-9-3-6-14(18)16-8-7-13(17)15(19)20/h2,4-5,10,13,17H,3,6-9H2,1H3,(H,16,18)(H,19,20). The number of nitrogens with one attached hydrogen (secondary N) is 1. The molecule has 1 unspecified atom stereocenters. The maximum atomic E-state index is 11.5. The number of aliphatic carboxylic acids is 1. The third kappa shape index (κ3) is 7.31. The van der Waals surface area contributed by atoms with Crippen molar-refractivity contribution in [2.45, 2.75) is 32.3 Å². The highest BCUT2D eigenvalue weighted by molar-refractivity contribution is 5.76. The first-order valence-electron chi connectivity index (χ1n) is 6.86. The molecule has 0 spiro atoms. The van der Waals surface area contributed by atoms with E-state index in [0.29, 0.717) is 19.4 Å². The van der Waals surface area contributed by atoms with Crippen molar-refractivity contribution in [2.24, 2.45) is 0 Å². The Bertz CT molecular complexity index is 475. The van der Waals surface area contributed by atoms with Crippen LogP contribution in [0.5, 0.6) is 5.75 Å². The summed E-state index contributed by atoms with van der Waals surface area (Å²) in [7, 11) is 0. The zero-order chi connectivity index (χ0) is 15.7. The first-order chi connectivity index (χ1) is 9.99. The van der Waals surface area contributed by atoms with Crippen LogP contribution < -0.4 is 10.1 Å². The lowest BCUT2D eigenvalue weighted by Gasteiger charge is -2.08. The number of aryl methyl sites for hydroxylation is 1. The molecule has 1 rings (SSSR count). The van der Waals surface area contributed by atoms with Crippen molar-refractivity contribution in [3.63, 3.8) is 0 Å². The Balaban J connectivity index is 2.09. The summed E-state index contributed by atoms with van der Waals surface area (Å²) < 4.78 is 5.51. The number of hydrogen-bond donors (Lipinski definition) is 3. The minimum Gasteiger partial charge on any atom is -0.494 e. The molecule has 6 heteroatoms. The van der Waals surface area contributed by atoms with E-state index in [1.54, 1.807) is 0 Å². The van der Waals surface area contributed by atoms with Gasteiger partial charge in [0.15, 0.2) is 6.10 Å². The van der Waals surface area contributed by atoms with E-state index < -0.39 is 12.1 Å². The molecule has 1 aromatic rings. The molecule has 0 aliphatic carbocycles. The number of carboxylic acid groups (broad SMARTS) is 1. The SMILES string of the molecule is Cc1cccc(OCCCC(=O)NCCC(O)C(=O)O)c1. The predicted octanol–water partition coefficient (Wildman–Crippen LogP) is 1.11. The molecule has 0 aliphatic rings. The van der Waals surface area contributed by atoms with Crippen LogP contribution in [0.1, 0.15) is 24.8 Å². The molecule has 0 bridgehead atoms.